The fourth-order valence-electron chi connectivity index (χ4n) is 2.65. The van der Waals surface area contributed by atoms with Crippen molar-refractivity contribution < 1.29 is 13.2 Å². The Hall–Kier alpha value is -2.18. The number of hydrogen-bond donors (Lipinski definition) is 1. The summed E-state index contributed by atoms with van der Waals surface area (Å²) in [6, 6.07) is 14.8. The van der Waals surface area contributed by atoms with Crippen LogP contribution in [0, 0.1) is 13.8 Å². The van der Waals surface area contributed by atoms with Crippen molar-refractivity contribution in [3.05, 3.63) is 65.2 Å². The van der Waals surface area contributed by atoms with E-state index in [4.69, 9.17) is 0 Å². The zero-order valence-corrected chi connectivity index (χ0v) is 15.6. The minimum atomic E-state index is -3.59. The first kappa shape index (κ1) is 19.1. The van der Waals surface area contributed by atoms with E-state index in [1.807, 2.05) is 43.3 Å². The average Bonchev–Trinajstić information content (AvgIpc) is 2.54. The largest absolute Gasteiger partial charge is 0.337 e. The minimum absolute atomic E-state index is 0.0884. The van der Waals surface area contributed by atoms with E-state index in [1.165, 1.54) is 6.92 Å². The van der Waals surface area contributed by atoms with Gasteiger partial charge in [-0.2, -0.15) is 0 Å². The van der Waals surface area contributed by atoms with Crippen LogP contribution in [0.3, 0.4) is 0 Å². The molecule has 0 radical (unpaired) electrons. The molecule has 0 bridgehead atoms. The molecule has 2 aromatic carbocycles. The molecule has 2 aromatic rings. The zero-order valence-electron chi connectivity index (χ0n) is 14.8. The van der Waals surface area contributed by atoms with E-state index in [9.17, 15) is 13.2 Å². The molecule has 0 heterocycles. The van der Waals surface area contributed by atoms with Crippen molar-refractivity contribution in [2.45, 2.75) is 32.2 Å². The van der Waals surface area contributed by atoms with Gasteiger partial charge >= 0.3 is 0 Å². The van der Waals surface area contributed by atoms with Crippen molar-refractivity contribution in [1.82, 2.24) is 9.62 Å². The quantitative estimate of drug-likeness (QED) is 0.825. The molecule has 0 fully saturated rings. The SMILES string of the molecule is CC(=O)N(CCNS(=O)(=O)c1ccc(C)cc1C)Cc1ccccc1. The summed E-state index contributed by atoms with van der Waals surface area (Å²) >= 11 is 0. The number of carbonyl (C=O) groups is 1. The maximum absolute atomic E-state index is 12.5. The van der Waals surface area contributed by atoms with Crippen molar-refractivity contribution in [2.24, 2.45) is 0 Å². The van der Waals surface area contributed by atoms with Gasteiger partial charge in [-0.05, 0) is 31.0 Å². The average molecular weight is 360 g/mol. The van der Waals surface area contributed by atoms with Gasteiger partial charge in [-0.1, -0.05) is 48.0 Å². The van der Waals surface area contributed by atoms with E-state index in [2.05, 4.69) is 4.72 Å². The first-order valence-corrected chi connectivity index (χ1v) is 9.64. The number of amides is 1. The zero-order chi connectivity index (χ0) is 18.4. The first-order valence-electron chi connectivity index (χ1n) is 8.16. The number of nitrogens with zero attached hydrogens (tertiary/aromatic N) is 1. The van der Waals surface area contributed by atoms with E-state index >= 15 is 0 Å². The van der Waals surface area contributed by atoms with Crippen molar-refractivity contribution in [1.29, 1.82) is 0 Å². The monoisotopic (exact) mass is 360 g/mol. The Morgan fingerprint density at radius 3 is 2.36 bits per heavy atom. The molecular formula is C19H24N2O3S. The highest BCUT2D eigenvalue weighted by molar-refractivity contribution is 7.89. The lowest BCUT2D eigenvalue weighted by Crippen LogP contribution is -2.37. The Labute approximate surface area is 149 Å². The van der Waals surface area contributed by atoms with Crippen LogP contribution in [0.2, 0.25) is 0 Å². The maximum atomic E-state index is 12.5. The molecule has 134 valence electrons. The molecule has 0 atom stereocenters. The van der Waals surface area contributed by atoms with Gasteiger partial charge in [-0.25, -0.2) is 13.1 Å². The number of benzene rings is 2. The van der Waals surface area contributed by atoms with Crippen LogP contribution in [0.15, 0.2) is 53.4 Å². The van der Waals surface area contributed by atoms with Gasteiger partial charge in [0.1, 0.15) is 0 Å². The minimum Gasteiger partial charge on any atom is -0.337 e. The van der Waals surface area contributed by atoms with Gasteiger partial charge in [0, 0.05) is 26.6 Å². The van der Waals surface area contributed by atoms with Crippen molar-refractivity contribution in [3.63, 3.8) is 0 Å². The maximum Gasteiger partial charge on any atom is 0.240 e. The predicted octanol–water partition coefficient (Wildman–Crippen LogP) is 2.63. The summed E-state index contributed by atoms with van der Waals surface area (Å²) in [7, 11) is -3.59. The van der Waals surface area contributed by atoms with Crippen LogP contribution < -0.4 is 4.72 Å². The standard InChI is InChI=1S/C19H24N2O3S/c1-15-9-10-19(16(2)13-15)25(23,24)20-11-12-21(17(3)22)14-18-7-5-4-6-8-18/h4-10,13,20H,11-12,14H2,1-3H3. The van der Waals surface area contributed by atoms with Crippen LogP contribution in [0.5, 0.6) is 0 Å². The van der Waals surface area contributed by atoms with Gasteiger partial charge in [-0.15, -0.1) is 0 Å². The molecule has 0 spiro atoms. The number of rotatable bonds is 7. The first-order chi connectivity index (χ1) is 11.8. The van der Waals surface area contributed by atoms with Gasteiger partial charge in [0.15, 0.2) is 0 Å². The van der Waals surface area contributed by atoms with Crippen LogP contribution >= 0.6 is 0 Å². The third kappa shape index (κ3) is 5.41. The molecule has 0 aromatic heterocycles. The second-order valence-corrected chi connectivity index (χ2v) is 7.83. The van der Waals surface area contributed by atoms with Crippen LogP contribution in [0.1, 0.15) is 23.6 Å². The van der Waals surface area contributed by atoms with Gasteiger partial charge < -0.3 is 4.90 Å². The Morgan fingerprint density at radius 1 is 1.08 bits per heavy atom. The normalized spacial score (nSPS) is 11.3. The molecule has 2 rings (SSSR count). The van der Waals surface area contributed by atoms with Crippen LogP contribution in [-0.2, 0) is 21.4 Å². The molecular weight excluding hydrogens is 336 g/mol. The molecule has 0 aliphatic rings. The Bertz CT molecular complexity index is 833. The van der Waals surface area contributed by atoms with Crippen LogP contribution in [0.25, 0.3) is 0 Å². The molecule has 0 aliphatic carbocycles. The summed E-state index contributed by atoms with van der Waals surface area (Å²) in [5.41, 5.74) is 2.73. The van der Waals surface area contributed by atoms with Gasteiger partial charge in [0.2, 0.25) is 15.9 Å². The van der Waals surface area contributed by atoms with E-state index in [0.29, 0.717) is 18.7 Å². The lowest BCUT2D eigenvalue weighted by Gasteiger charge is -2.21. The third-order valence-electron chi connectivity index (χ3n) is 3.96. The molecule has 5 nitrogen and oxygen atoms in total. The van der Waals surface area contributed by atoms with Crippen molar-refractivity contribution in [2.75, 3.05) is 13.1 Å². The van der Waals surface area contributed by atoms with Crippen LogP contribution in [-0.4, -0.2) is 32.3 Å². The molecule has 1 amide bonds. The van der Waals surface area contributed by atoms with E-state index in [1.54, 1.807) is 24.0 Å². The summed E-state index contributed by atoms with van der Waals surface area (Å²) in [5.74, 6) is -0.0884. The second-order valence-electron chi connectivity index (χ2n) is 6.09. The van der Waals surface area contributed by atoms with Gasteiger partial charge in [-0.3, -0.25) is 4.79 Å². The molecule has 0 saturated carbocycles. The highest BCUT2D eigenvalue weighted by Crippen LogP contribution is 2.16. The number of carbonyl (C=O) groups excluding carboxylic acids is 1. The topological polar surface area (TPSA) is 66.5 Å². The van der Waals surface area contributed by atoms with Crippen molar-refractivity contribution in [3.8, 4) is 0 Å². The molecule has 0 aliphatic heterocycles. The van der Waals surface area contributed by atoms with Gasteiger partial charge in [0.05, 0.1) is 4.90 Å². The Balaban J connectivity index is 2.00. The lowest BCUT2D eigenvalue weighted by molar-refractivity contribution is -0.129. The van der Waals surface area contributed by atoms with E-state index in [-0.39, 0.29) is 17.3 Å². The summed E-state index contributed by atoms with van der Waals surface area (Å²) in [4.78, 5) is 13.7. The second kappa shape index (κ2) is 8.27. The van der Waals surface area contributed by atoms with E-state index < -0.39 is 10.0 Å². The smallest absolute Gasteiger partial charge is 0.240 e. The number of aryl methyl sites for hydroxylation is 2. The summed E-state index contributed by atoms with van der Waals surface area (Å²) in [6.07, 6.45) is 0. The Morgan fingerprint density at radius 2 is 1.76 bits per heavy atom. The number of hydrogen-bond acceptors (Lipinski definition) is 3. The molecule has 1 N–H and O–H groups in total. The predicted molar refractivity (Wildman–Crippen MR) is 98.6 cm³/mol. The number of nitrogens with one attached hydrogen (secondary N) is 1. The van der Waals surface area contributed by atoms with Gasteiger partial charge in [0.25, 0.3) is 0 Å². The summed E-state index contributed by atoms with van der Waals surface area (Å²) < 4.78 is 27.5. The fourth-order valence-corrected chi connectivity index (χ4v) is 3.89. The summed E-state index contributed by atoms with van der Waals surface area (Å²) in [5, 5.41) is 0. The molecule has 25 heavy (non-hydrogen) atoms. The fraction of sp³-hybridized carbons (Fsp3) is 0.316. The Kier molecular flexibility index (Phi) is 6.33. The highest BCUT2D eigenvalue weighted by atomic mass is 32.2. The van der Waals surface area contributed by atoms with Crippen LogP contribution in [0.4, 0.5) is 0 Å². The third-order valence-corrected chi connectivity index (χ3v) is 5.58. The lowest BCUT2D eigenvalue weighted by atomic mass is 10.2. The molecule has 6 heteroatoms. The summed E-state index contributed by atoms with van der Waals surface area (Å²) in [6.45, 7) is 6.13. The molecule has 0 saturated heterocycles. The van der Waals surface area contributed by atoms with Crippen molar-refractivity contribution >= 4 is 15.9 Å². The number of sulfonamides is 1. The molecule has 0 unspecified atom stereocenters. The highest BCUT2D eigenvalue weighted by Gasteiger charge is 2.17. The van der Waals surface area contributed by atoms with E-state index in [0.717, 1.165) is 11.1 Å².